The first-order valence-electron chi connectivity index (χ1n) is 7.47. The minimum absolute atomic E-state index is 0.104. The number of pyridine rings is 1. The average Bonchev–Trinajstić information content (AvgIpc) is 2.59. The summed E-state index contributed by atoms with van der Waals surface area (Å²) >= 11 is 0. The maximum atomic E-state index is 11.5. The third-order valence-corrected chi connectivity index (χ3v) is 3.67. The van der Waals surface area contributed by atoms with Gasteiger partial charge in [-0.15, -0.1) is 0 Å². The highest BCUT2D eigenvalue weighted by Crippen LogP contribution is 2.21. The normalized spacial score (nSPS) is 10.5. The molecule has 0 spiro atoms. The number of aryl methyl sites for hydroxylation is 1. The minimum Gasteiger partial charge on any atom is -0.489 e. The fourth-order valence-corrected chi connectivity index (χ4v) is 2.52. The number of rotatable bonds is 4. The van der Waals surface area contributed by atoms with Gasteiger partial charge in [-0.25, -0.2) is 0 Å². The third kappa shape index (κ3) is 3.31. The molecule has 0 radical (unpaired) electrons. The molecule has 0 atom stereocenters. The molecular weight excluding hydrogens is 288 g/mol. The van der Waals surface area contributed by atoms with Gasteiger partial charge in [-0.1, -0.05) is 18.2 Å². The molecule has 3 aromatic rings. The predicted molar refractivity (Wildman–Crippen MR) is 90.6 cm³/mol. The Bertz CT molecular complexity index is 842. The van der Waals surface area contributed by atoms with Crippen LogP contribution in [0, 0.1) is 6.92 Å². The van der Waals surface area contributed by atoms with E-state index < -0.39 is 0 Å². The van der Waals surface area contributed by atoms with Gasteiger partial charge in [0.25, 0.3) is 5.91 Å². The van der Waals surface area contributed by atoms with E-state index in [4.69, 9.17) is 4.74 Å². The smallest absolute Gasteiger partial charge is 0.251 e. The van der Waals surface area contributed by atoms with Crippen LogP contribution in [0.3, 0.4) is 0 Å². The molecule has 0 saturated heterocycles. The molecule has 0 aliphatic rings. The minimum atomic E-state index is -0.104. The van der Waals surface area contributed by atoms with Gasteiger partial charge in [-0.05, 0) is 43.3 Å². The zero-order valence-electron chi connectivity index (χ0n) is 13.2. The molecule has 116 valence electrons. The number of hydrogen-bond donors (Lipinski definition) is 1. The Morgan fingerprint density at radius 1 is 1.13 bits per heavy atom. The number of fused-ring (bicyclic) bond motifs is 1. The van der Waals surface area contributed by atoms with Gasteiger partial charge in [-0.2, -0.15) is 0 Å². The number of amides is 1. The summed E-state index contributed by atoms with van der Waals surface area (Å²) in [7, 11) is 1.61. The van der Waals surface area contributed by atoms with E-state index in [9.17, 15) is 4.79 Å². The lowest BCUT2D eigenvalue weighted by Crippen LogP contribution is -2.17. The molecule has 1 aromatic heterocycles. The quantitative estimate of drug-likeness (QED) is 0.803. The van der Waals surface area contributed by atoms with Crippen LogP contribution in [-0.2, 0) is 6.61 Å². The number of ether oxygens (including phenoxy) is 1. The lowest BCUT2D eigenvalue weighted by Gasteiger charge is -2.10. The standard InChI is InChI=1S/C19H18N2O2/c1-13-11-15(17-5-3-4-6-18(17)21-13)12-23-16-9-7-14(8-10-16)19(22)20-2/h3-11H,12H2,1-2H3,(H,20,22). The van der Waals surface area contributed by atoms with E-state index >= 15 is 0 Å². The van der Waals surface area contributed by atoms with E-state index in [1.165, 1.54) is 0 Å². The lowest BCUT2D eigenvalue weighted by atomic mass is 10.1. The van der Waals surface area contributed by atoms with Crippen LogP contribution in [0.5, 0.6) is 5.75 Å². The Hall–Kier alpha value is -2.88. The Morgan fingerprint density at radius 2 is 1.87 bits per heavy atom. The van der Waals surface area contributed by atoms with E-state index in [1.54, 1.807) is 31.3 Å². The van der Waals surface area contributed by atoms with Crippen molar-refractivity contribution in [3.05, 3.63) is 71.4 Å². The van der Waals surface area contributed by atoms with Crippen LogP contribution < -0.4 is 10.1 Å². The van der Waals surface area contributed by atoms with Crippen molar-refractivity contribution < 1.29 is 9.53 Å². The van der Waals surface area contributed by atoms with Crippen LogP contribution in [0.15, 0.2) is 54.6 Å². The second kappa shape index (κ2) is 6.48. The first-order valence-corrected chi connectivity index (χ1v) is 7.47. The summed E-state index contributed by atoms with van der Waals surface area (Å²) in [5, 5.41) is 3.70. The molecule has 0 bridgehead atoms. The number of hydrogen-bond acceptors (Lipinski definition) is 3. The molecule has 1 heterocycles. The number of para-hydroxylation sites is 1. The van der Waals surface area contributed by atoms with Crippen molar-refractivity contribution in [2.45, 2.75) is 13.5 Å². The molecule has 0 aliphatic heterocycles. The number of aromatic nitrogens is 1. The maximum absolute atomic E-state index is 11.5. The second-order valence-electron chi connectivity index (χ2n) is 5.33. The van der Waals surface area contributed by atoms with Crippen LogP contribution in [0.1, 0.15) is 21.6 Å². The van der Waals surface area contributed by atoms with Crippen molar-refractivity contribution >= 4 is 16.8 Å². The highest BCUT2D eigenvalue weighted by atomic mass is 16.5. The SMILES string of the molecule is CNC(=O)c1ccc(OCc2cc(C)nc3ccccc23)cc1. The first kappa shape index (κ1) is 15.0. The maximum Gasteiger partial charge on any atom is 0.251 e. The first-order chi connectivity index (χ1) is 11.2. The molecule has 4 heteroatoms. The second-order valence-corrected chi connectivity index (χ2v) is 5.33. The summed E-state index contributed by atoms with van der Waals surface area (Å²) in [6, 6.07) is 17.2. The Balaban J connectivity index is 1.79. The fraction of sp³-hybridized carbons (Fsp3) is 0.158. The van der Waals surface area contributed by atoms with E-state index in [0.717, 1.165) is 27.9 Å². The van der Waals surface area contributed by atoms with E-state index in [2.05, 4.69) is 16.4 Å². The molecule has 4 nitrogen and oxygen atoms in total. The number of benzene rings is 2. The highest BCUT2D eigenvalue weighted by molar-refractivity contribution is 5.94. The molecule has 0 fully saturated rings. The van der Waals surface area contributed by atoms with Crippen molar-refractivity contribution in [1.29, 1.82) is 0 Å². The van der Waals surface area contributed by atoms with Crippen molar-refractivity contribution in [3.63, 3.8) is 0 Å². The van der Waals surface area contributed by atoms with Gasteiger partial charge in [0.05, 0.1) is 5.52 Å². The van der Waals surface area contributed by atoms with E-state index in [0.29, 0.717) is 12.2 Å². The van der Waals surface area contributed by atoms with Crippen molar-refractivity contribution in [2.24, 2.45) is 0 Å². The van der Waals surface area contributed by atoms with Crippen molar-refractivity contribution in [1.82, 2.24) is 10.3 Å². The van der Waals surface area contributed by atoms with Crippen molar-refractivity contribution in [2.75, 3.05) is 7.05 Å². The largest absolute Gasteiger partial charge is 0.489 e. The molecule has 23 heavy (non-hydrogen) atoms. The van der Waals surface area contributed by atoms with E-state index in [1.807, 2.05) is 31.2 Å². The Morgan fingerprint density at radius 3 is 2.61 bits per heavy atom. The zero-order chi connectivity index (χ0) is 16.2. The molecule has 1 N–H and O–H groups in total. The van der Waals surface area contributed by atoms with Crippen LogP contribution in [0.4, 0.5) is 0 Å². The molecule has 0 saturated carbocycles. The molecular formula is C19H18N2O2. The zero-order valence-corrected chi connectivity index (χ0v) is 13.2. The number of carbonyl (C=O) groups excluding carboxylic acids is 1. The average molecular weight is 306 g/mol. The lowest BCUT2D eigenvalue weighted by molar-refractivity contribution is 0.0963. The summed E-state index contributed by atoms with van der Waals surface area (Å²) in [4.78, 5) is 16.1. The van der Waals surface area contributed by atoms with Gasteiger partial charge < -0.3 is 10.1 Å². The van der Waals surface area contributed by atoms with Crippen LogP contribution in [-0.4, -0.2) is 17.9 Å². The van der Waals surface area contributed by atoms with Crippen LogP contribution in [0.2, 0.25) is 0 Å². The summed E-state index contributed by atoms with van der Waals surface area (Å²) in [5.74, 6) is 0.628. The van der Waals surface area contributed by atoms with Crippen molar-refractivity contribution in [3.8, 4) is 5.75 Å². The van der Waals surface area contributed by atoms with Gasteiger partial charge in [0.15, 0.2) is 0 Å². The van der Waals surface area contributed by atoms with Gasteiger partial charge >= 0.3 is 0 Å². The van der Waals surface area contributed by atoms with E-state index in [-0.39, 0.29) is 5.91 Å². The number of carbonyl (C=O) groups is 1. The van der Waals surface area contributed by atoms with Gasteiger partial charge in [0.2, 0.25) is 0 Å². The fourth-order valence-electron chi connectivity index (χ4n) is 2.52. The number of nitrogens with zero attached hydrogens (tertiary/aromatic N) is 1. The van der Waals surface area contributed by atoms with Crippen LogP contribution >= 0.6 is 0 Å². The monoisotopic (exact) mass is 306 g/mol. The summed E-state index contributed by atoms with van der Waals surface area (Å²) in [6.45, 7) is 2.44. The molecule has 3 rings (SSSR count). The summed E-state index contributed by atoms with van der Waals surface area (Å²) < 4.78 is 5.86. The summed E-state index contributed by atoms with van der Waals surface area (Å²) in [6.07, 6.45) is 0. The van der Waals surface area contributed by atoms with Gasteiger partial charge in [-0.3, -0.25) is 9.78 Å². The molecule has 1 amide bonds. The Labute approximate surface area is 135 Å². The van der Waals surface area contributed by atoms with Gasteiger partial charge in [0.1, 0.15) is 12.4 Å². The molecule has 0 unspecified atom stereocenters. The molecule has 2 aromatic carbocycles. The Kier molecular flexibility index (Phi) is 4.24. The topological polar surface area (TPSA) is 51.2 Å². The number of nitrogens with one attached hydrogen (secondary N) is 1. The highest BCUT2D eigenvalue weighted by Gasteiger charge is 2.06. The molecule has 0 aliphatic carbocycles. The van der Waals surface area contributed by atoms with Crippen LogP contribution in [0.25, 0.3) is 10.9 Å². The predicted octanol–water partition coefficient (Wildman–Crippen LogP) is 3.48. The van der Waals surface area contributed by atoms with Gasteiger partial charge in [0, 0.05) is 29.3 Å². The summed E-state index contributed by atoms with van der Waals surface area (Å²) in [5.41, 5.74) is 3.66. The third-order valence-electron chi connectivity index (χ3n) is 3.67.